The fraction of sp³-hybridized carbons (Fsp3) is 0.250. The molecule has 2 aromatic rings. The molecule has 1 aromatic carbocycles. The Labute approximate surface area is 92.5 Å². The number of nitrogens with zero attached hydrogens (tertiary/aromatic N) is 3. The summed E-state index contributed by atoms with van der Waals surface area (Å²) >= 11 is 0. The summed E-state index contributed by atoms with van der Waals surface area (Å²) in [5.74, 6) is 1.35. The van der Waals surface area contributed by atoms with E-state index in [1.54, 1.807) is 0 Å². The minimum atomic E-state index is 0.182. The lowest BCUT2D eigenvalue weighted by Crippen LogP contribution is -2.19. The fourth-order valence-corrected chi connectivity index (χ4v) is 2.04. The summed E-state index contributed by atoms with van der Waals surface area (Å²) in [5.41, 5.74) is 2.62. The summed E-state index contributed by atoms with van der Waals surface area (Å²) in [6.45, 7) is 0. The van der Waals surface area contributed by atoms with Crippen LogP contribution in [0.2, 0.25) is 0 Å². The zero-order valence-corrected chi connectivity index (χ0v) is 8.55. The van der Waals surface area contributed by atoms with E-state index in [0.29, 0.717) is 11.7 Å². The molecule has 0 aliphatic heterocycles. The topological polar surface area (TPSA) is 62.7 Å². The Morgan fingerprint density at radius 2 is 2.31 bits per heavy atom. The van der Waals surface area contributed by atoms with E-state index in [1.807, 2.05) is 18.2 Å². The van der Waals surface area contributed by atoms with Gasteiger partial charge in [-0.1, -0.05) is 29.4 Å². The molecular formula is C12H9N3O. The van der Waals surface area contributed by atoms with E-state index in [4.69, 9.17) is 9.78 Å². The molecule has 0 saturated heterocycles. The third-order valence-electron chi connectivity index (χ3n) is 2.88. The van der Waals surface area contributed by atoms with Crippen LogP contribution in [0.15, 0.2) is 28.8 Å². The van der Waals surface area contributed by atoms with Gasteiger partial charge in [-0.2, -0.15) is 10.2 Å². The standard InChI is InChI=1S/C12H9N3O/c13-6-5-11-14-12(15-16-11)10-7-8-3-1-2-4-9(8)10/h1-4,10H,5,7H2. The van der Waals surface area contributed by atoms with E-state index in [2.05, 4.69) is 22.3 Å². The zero-order valence-electron chi connectivity index (χ0n) is 8.55. The van der Waals surface area contributed by atoms with Gasteiger partial charge < -0.3 is 4.52 Å². The van der Waals surface area contributed by atoms with Gasteiger partial charge in [-0.25, -0.2) is 0 Å². The normalized spacial score (nSPS) is 17.3. The Kier molecular flexibility index (Phi) is 1.97. The first-order chi connectivity index (χ1) is 7.88. The van der Waals surface area contributed by atoms with Crippen LogP contribution in [0.3, 0.4) is 0 Å². The van der Waals surface area contributed by atoms with Crippen molar-refractivity contribution >= 4 is 0 Å². The van der Waals surface area contributed by atoms with Gasteiger partial charge in [-0.15, -0.1) is 0 Å². The van der Waals surface area contributed by atoms with Gasteiger partial charge in [0, 0.05) is 0 Å². The van der Waals surface area contributed by atoms with Crippen LogP contribution in [0.1, 0.15) is 28.8 Å². The Hall–Kier alpha value is -2.15. The number of nitriles is 1. The van der Waals surface area contributed by atoms with Crippen LogP contribution < -0.4 is 0 Å². The minimum Gasteiger partial charge on any atom is -0.338 e. The molecule has 0 spiro atoms. The summed E-state index contributed by atoms with van der Waals surface area (Å²) in [6, 6.07) is 10.2. The minimum absolute atomic E-state index is 0.182. The van der Waals surface area contributed by atoms with Crippen molar-refractivity contribution < 1.29 is 4.52 Å². The van der Waals surface area contributed by atoms with Crippen LogP contribution in [0.25, 0.3) is 0 Å². The first-order valence-electron chi connectivity index (χ1n) is 5.15. The second-order valence-corrected chi connectivity index (χ2v) is 3.84. The van der Waals surface area contributed by atoms with E-state index >= 15 is 0 Å². The monoisotopic (exact) mass is 211 g/mol. The van der Waals surface area contributed by atoms with Gasteiger partial charge >= 0.3 is 0 Å². The highest BCUT2D eigenvalue weighted by molar-refractivity contribution is 5.43. The average Bonchev–Trinajstić information content (AvgIpc) is 2.69. The van der Waals surface area contributed by atoms with Gasteiger partial charge in [-0.3, -0.25) is 0 Å². The van der Waals surface area contributed by atoms with E-state index in [-0.39, 0.29) is 12.3 Å². The molecule has 0 saturated carbocycles. The molecule has 0 N–H and O–H groups in total. The molecule has 1 atom stereocenters. The number of benzene rings is 1. The highest BCUT2D eigenvalue weighted by Crippen LogP contribution is 2.38. The van der Waals surface area contributed by atoms with Crippen LogP contribution >= 0.6 is 0 Å². The Bertz CT molecular complexity index is 568. The van der Waals surface area contributed by atoms with Crippen molar-refractivity contribution in [3.05, 3.63) is 47.1 Å². The smallest absolute Gasteiger partial charge is 0.240 e. The second-order valence-electron chi connectivity index (χ2n) is 3.84. The van der Waals surface area contributed by atoms with Gasteiger partial charge in [-0.05, 0) is 17.5 Å². The molecule has 4 nitrogen and oxygen atoms in total. The lowest BCUT2D eigenvalue weighted by atomic mass is 9.77. The largest absolute Gasteiger partial charge is 0.338 e. The molecule has 16 heavy (non-hydrogen) atoms. The van der Waals surface area contributed by atoms with Crippen molar-refractivity contribution in [2.45, 2.75) is 18.8 Å². The molecule has 1 aliphatic carbocycles. The average molecular weight is 211 g/mol. The van der Waals surface area contributed by atoms with E-state index in [9.17, 15) is 0 Å². The molecule has 4 heteroatoms. The number of rotatable bonds is 2. The summed E-state index contributed by atoms with van der Waals surface area (Å²) in [7, 11) is 0. The molecule has 1 unspecified atom stereocenters. The highest BCUT2D eigenvalue weighted by atomic mass is 16.5. The number of hydrogen-bond donors (Lipinski definition) is 0. The fourth-order valence-electron chi connectivity index (χ4n) is 2.04. The predicted octanol–water partition coefficient (Wildman–Crippen LogP) is 1.82. The maximum absolute atomic E-state index is 8.52. The number of fused-ring (bicyclic) bond motifs is 1. The predicted molar refractivity (Wildman–Crippen MR) is 55.6 cm³/mol. The summed E-state index contributed by atoms with van der Waals surface area (Å²) < 4.78 is 4.99. The zero-order chi connectivity index (χ0) is 11.0. The molecule has 0 fully saturated rings. The third-order valence-corrected chi connectivity index (χ3v) is 2.88. The lowest BCUT2D eigenvalue weighted by Gasteiger charge is -2.27. The number of hydrogen-bond acceptors (Lipinski definition) is 4. The van der Waals surface area contributed by atoms with E-state index in [0.717, 1.165) is 6.42 Å². The van der Waals surface area contributed by atoms with Crippen LogP contribution in [0.5, 0.6) is 0 Å². The molecule has 78 valence electrons. The van der Waals surface area contributed by atoms with Gasteiger partial charge in [0.15, 0.2) is 5.82 Å². The van der Waals surface area contributed by atoms with Gasteiger partial charge in [0.2, 0.25) is 5.89 Å². The Morgan fingerprint density at radius 3 is 3.12 bits per heavy atom. The summed E-state index contributed by atoms with van der Waals surface area (Å²) in [4.78, 5) is 4.22. The van der Waals surface area contributed by atoms with Crippen LogP contribution in [0, 0.1) is 11.3 Å². The Balaban J connectivity index is 1.88. The third kappa shape index (κ3) is 1.29. The maximum Gasteiger partial charge on any atom is 0.240 e. The quantitative estimate of drug-likeness (QED) is 0.760. The van der Waals surface area contributed by atoms with Gasteiger partial charge in [0.25, 0.3) is 0 Å². The summed E-state index contributed by atoms with van der Waals surface area (Å²) in [5, 5.41) is 12.4. The van der Waals surface area contributed by atoms with E-state index in [1.165, 1.54) is 11.1 Å². The van der Waals surface area contributed by atoms with Crippen molar-refractivity contribution in [3.8, 4) is 6.07 Å². The number of aromatic nitrogens is 2. The lowest BCUT2D eigenvalue weighted by molar-refractivity contribution is 0.377. The first kappa shape index (κ1) is 9.10. The van der Waals surface area contributed by atoms with Gasteiger partial charge in [0.05, 0.1) is 12.0 Å². The molecular weight excluding hydrogens is 202 g/mol. The second kappa shape index (κ2) is 3.46. The van der Waals surface area contributed by atoms with Crippen LogP contribution in [0.4, 0.5) is 0 Å². The van der Waals surface area contributed by atoms with Crippen molar-refractivity contribution in [3.63, 3.8) is 0 Å². The Morgan fingerprint density at radius 1 is 1.44 bits per heavy atom. The molecule has 1 aromatic heterocycles. The van der Waals surface area contributed by atoms with Crippen molar-refractivity contribution in [2.24, 2.45) is 0 Å². The first-order valence-corrected chi connectivity index (χ1v) is 5.15. The van der Waals surface area contributed by atoms with Crippen LogP contribution in [-0.4, -0.2) is 10.1 Å². The van der Waals surface area contributed by atoms with Crippen molar-refractivity contribution in [1.29, 1.82) is 5.26 Å². The molecule has 0 bridgehead atoms. The van der Waals surface area contributed by atoms with Gasteiger partial charge in [0.1, 0.15) is 6.42 Å². The molecule has 0 radical (unpaired) electrons. The molecule has 3 rings (SSSR count). The van der Waals surface area contributed by atoms with Crippen molar-refractivity contribution in [1.82, 2.24) is 10.1 Å². The van der Waals surface area contributed by atoms with Crippen LogP contribution in [-0.2, 0) is 12.8 Å². The molecule has 1 aliphatic rings. The molecule has 0 amide bonds. The SMILES string of the molecule is N#CCc1nc(C2Cc3ccccc32)no1. The maximum atomic E-state index is 8.52. The summed E-state index contributed by atoms with van der Waals surface area (Å²) in [6.07, 6.45) is 1.14. The van der Waals surface area contributed by atoms with E-state index < -0.39 is 0 Å². The molecule has 1 heterocycles. The van der Waals surface area contributed by atoms with Crippen molar-refractivity contribution in [2.75, 3.05) is 0 Å². The highest BCUT2D eigenvalue weighted by Gasteiger charge is 2.30.